The summed E-state index contributed by atoms with van der Waals surface area (Å²) in [7, 11) is 0. The van der Waals surface area contributed by atoms with Gasteiger partial charge in [-0.05, 0) is 56.7 Å². The van der Waals surface area contributed by atoms with Gasteiger partial charge in [-0.3, -0.25) is 9.59 Å². The van der Waals surface area contributed by atoms with E-state index < -0.39 is 5.91 Å². The highest BCUT2D eigenvalue weighted by molar-refractivity contribution is 6.52. The molecule has 1 saturated heterocycles. The van der Waals surface area contributed by atoms with Crippen LogP contribution in [0.4, 0.5) is 5.69 Å². The van der Waals surface area contributed by atoms with Crippen LogP contribution in [-0.4, -0.2) is 29.3 Å². The highest BCUT2D eigenvalue weighted by Crippen LogP contribution is 2.36. The number of carbonyl (C=O) groups excluding carboxylic acids is 2. The molecule has 2 amide bonds. The van der Waals surface area contributed by atoms with Gasteiger partial charge in [0.2, 0.25) is 0 Å². The molecular formula is C19H23ClN2O2. The van der Waals surface area contributed by atoms with Crippen LogP contribution in [0, 0.1) is 13.8 Å². The molecule has 128 valence electrons. The molecule has 1 fully saturated rings. The second kappa shape index (κ2) is 6.60. The maximum absolute atomic E-state index is 13.1. The van der Waals surface area contributed by atoms with Gasteiger partial charge in [-0.25, -0.2) is 4.90 Å². The fourth-order valence-electron chi connectivity index (χ4n) is 3.64. The van der Waals surface area contributed by atoms with Crippen LogP contribution in [-0.2, 0) is 9.59 Å². The van der Waals surface area contributed by atoms with Crippen LogP contribution in [0.1, 0.15) is 43.7 Å². The topological polar surface area (TPSA) is 40.6 Å². The highest BCUT2D eigenvalue weighted by atomic mass is 35.5. The van der Waals surface area contributed by atoms with Gasteiger partial charge >= 0.3 is 0 Å². The first-order valence-corrected chi connectivity index (χ1v) is 8.96. The van der Waals surface area contributed by atoms with Crippen LogP contribution >= 0.6 is 11.6 Å². The minimum Gasteiger partial charge on any atom is -0.363 e. The minimum atomic E-state index is -0.411. The van der Waals surface area contributed by atoms with Gasteiger partial charge in [-0.1, -0.05) is 30.7 Å². The quantitative estimate of drug-likeness (QED) is 0.779. The summed E-state index contributed by atoms with van der Waals surface area (Å²) in [5, 5.41) is 0.0567. The van der Waals surface area contributed by atoms with Crippen LogP contribution in [0.25, 0.3) is 0 Å². The molecule has 1 atom stereocenters. The standard InChI is InChI=1S/C19H23ClN2O2/c1-4-14-7-5-6-10-21(14)17-16(20)18(23)22(19(17)24)15-11-12(2)8-9-13(15)3/h8-9,11,14H,4-7,10H2,1-3H3. The van der Waals surface area contributed by atoms with Crippen molar-refractivity contribution in [3.8, 4) is 0 Å². The Morgan fingerprint density at radius 2 is 1.92 bits per heavy atom. The summed E-state index contributed by atoms with van der Waals surface area (Å²) in [5.74, 6) is -0.704. The Kier molecular flexibility index (Phi) is 4.68. The number of rotatable bonds is 3. The largest absolute Gasteiger partial charge is 0.363 e. The van der Waals surface area contributed by atoms with Crippen molar-refractivity contribution in [1.82, 2.24) is 4.90 Å². The Balaban J connectivity index is 2.00. The normalized spacial score (nSPS) is 21.9. The van der Waals surface area contributed by atoms with E-state index in [1.807, 2.05) is 32.0 Å². The number of halogens is 1. The fourth-order valence-corrected chi connectivity index (χ4v) is 3.91. The molecule has 4 nitrogen and oxygen atoms in total. The first kappa shape index (κ1) is 17.0. The van der Waals surface area contributed by atoms with Crippen LogP contribution in [0.3, 0.4) is 0 Å². The van der Waals surface area contributed by atoms with Crippen molar-refractivity contribution in [3.05, 3.63) is 40.1 Å². The third-order valence-corrected chi connectivity index (χ3v) is 5.34. The summed E-state index contributed by atoms with van der Waals surface area (Å²) in [6, 6.07) is 6.04. The van der Waals surface area contributed by atoms with Crippen molar-refractivity contribution >= 4 is 29.1 Å². The maximum atomic E-state index is 13.1. The van der Waals surface area contributed by atoms with Gasteiger partial charge in [0.05, 0.1) is 5.69 Å². The number of likely N-dealkylation sites (tertiary alicyclic amines) is 1. The number of nitrogens with zero attached hydrogens (tertiary/aromatic N) is 2. The fraction of sp³-hybridized carbons (Fsp3) is 0.474. The van der Waals surface area contributed by atoms with Gasteiger partial charge in [-0.2, -0.15) is 0 Å². The Morgan fingerprint density at radius 1 is 1.17 bits per heavy atom. The molecular weight excluding hydrogens is 324 g/mol. The molecule has 2 heterocycles. The number of carbonyl (C=O) groups is 2. The molecule has 0 bridgehead atoms. The molecule has 2 aliphatic heterocycles. The van der Waals surface area contributed by atoms with Crippen molar-refractivity contribution in [3.63, 3.8) is 0 Å². The van der Waals surface area contributed by atoms with Crippen LogP contribution in [0.15, 0.2) is 28.9 Å². The number of aryl methyl sites for hydroxylation is 2. The van der Waals surface area contributed by atoms with E-state index in [1.165, 1.54) is 4.90 Å². The Labute approximate surface area is 148 Å². The molecule has 1 aromatic carbocycles. The number of hydrogen-bond acceptors (Lipinski definition) is 3. The van der Waals surface area contributed by atoms with E-state index in [9.17, 15) is 9.59 Å². The minimum absolute atomic E-state index is 0.0567. The van der Waals surface area contributed by atoms with E-state index in [1.54, 1.807) is 0 Å². The molecule has 0 aliphatic carbocycles. The number of piperidine rings is 1. The molecule has 0 aromatic heterocycles. The van der Waals surface area contributed by atoms with Crippen molar-refractivity contribution in [1.29, 1.82) is 0 Å². The summed E-state index contributed by atoms with van der Waals surface area (Å²) in [4.78, 5) is 29.1. The number of imide groups is 1. The zero-order valence-electron chi connectivity index (χ0n) is 14.4. The van der Waals surface area contributed by atoms with Gasteiger partial charge in [0, 0.05) is 12.6 Å². The van der Waals surface area contributed by atoms with Crippen LogP contribution < -0.4 is 4.90 Å². The zero-order valence-corrected chi connectivity index (χ0v) is 15.2. The summed E-state index contributed by atoms with van der Waals surface area (Å²) < 4.78 is 0. The maximum Gasteiger partial charge on any atom is 0.283 e. The van der Waals surface area contributed by atoms with Gasteiger partial charge in [0.15, 0.2) is 0 Å². The number of anilines is 1. The van der Waals surface area contributed by atoms with Gasteiger partial charge in [0.1, 0.15) is 10.7 Å². The zero-order chi connectivity index (χ0) is 17.4. The molecule has 5 heteroatoms. The van der Waals surface area contributed by atoms with Crippen molar-refractivity contribution in [2.75, 3.05) is 11.4 Å². The van der Waals surface area contributed by atoms with Crippen LogP contribution in [0.2, 0.25) is 0 Å². The van der Waals surface area contributed by atoms with E-state index in [4.69, 9.17) is 11.6 Å². The summed E-state index contributed by atoms with van der Waals surface area (Å²) in [6.07, 6.45) is 4.16. The summed E-state index contributed by atoms with van der Waals surface area (Å²) in [5.41, 5.74) is 2.90. The van der Waals surface area contributed by atoms with Crippen molar-refractivity contribution < 1.29 is 9.59 Å². The molecule has 0 N–H and O–H groups in total. The lowest BCUT2D eigenvalue weighted by atomic mass is 9.99. The van der Waals surface area contributed by atoms with Gasteiger partial charge < -0.3 is 4.90 Å². The number of benzene rings is 1. The molecule has 24 heavy (non-hydrogen) atoms. The van der Waals surface area contributed by atoms with Crippen LogP contribution in [0.5, 0.6) is 0 Å². The van der Waals surface area contributed by atoms with Crippen molar-refractivity contribution in [2.45, 2.75) is 52.5 Å². The Morgan fingerprint density at radius 3 is 2.62 bits per heavy atom. The second-order valence-corrected chi connectivity index (χ2v) is 7.03. The highest BCUT2D eigenvalue weighted by Gasteiger charge is 2.43. The van der Waals surface area contributed by atoms with E-state index in [0.29, 0.717) is 11.4 Å². The SMILES string of the molecule is CCC1CCCCN1C1=C(Cl)C(=O)N(c2cc(C)ccc2C)C1=O. The van der Waals surface area contributed by atoms with E-state index in [2.05, 4.69) is 11.8 Å². The summed E-state index contributed by atoms with van der Waals surface area (Å²) in [6.45, 7) is 6.74. The predicted molar refractivity (Wildman–Crippen MR) is 95.9 cm³/mol. The molecule has 1 aromatic rings. The van der Waals surface area contributed by atoms with Crippen molar-refractivity contribution in [2.24, 2.45) is 0 Å². The smallest absolute Gasteiger partial charge is 0.283 e. The lowest BCUT2D eigenvalue weighted by Crippen LogP contribution is -2.42. The molecule has 2 aliphatic rings. The first-order valence-electron chi connectivity index (χ1n) is 8.58. The Bertz CT molecular complexity index is 726. The van der Waals surface area contributed by atoms with Gasteiger partial charge in [0.25, 0.3) is 11.8 Å². The predicted octanol–water partition coefficient (Wildman–Crippen LogP) is 3.89. The lowest BCUT2D eigenvalue weighted by Gasteiger charge is -2.37. The summed E-state index contributed by atoms with van der Waals surface area (Å²) >= 11 is 6.34. The average molecular weight is 347 g/mol. The number of hydrogen-bond donors (Lipinski definition) is 0. The van der Waals surface area contributed by atoms with E-state index in [0.717, 1.165) is 43.4 Å². The number of amides is 2. The molecule has 1 unspecified atom stereocenters. The lowest BCUT2D eigenvalue weighted by molar-refractivity contribution is -0.121. The third kappa shape index (κ3) is 2.73. The molecule has 0 saturated carbocycles. The van der Waals surface area contributed by atoms with Gasteiger partial charge in [-0.15, -0.1) is 0 Å². The molecule has 0 radical (unpaired) electrons. The first-order chi connectivity index (χ1) is 11.5. The third-order valence-electron chi connectivity index (χ3n) is 5.00. The molecule has 3 rings (SSSR count). The molecule has 0 spiro atoms. The monoisotopic (exact) mass is 346 g/mol. The Hall–Kier alpha value is -1.81. The second-order valence-electron chi connectivity index (χ2n) is 6.65. The average Bonchev–Trinajstić information content (AvgIpc) is 2.79. The van der Waals surface area contributed by atoms with E-state index >= 15 is 0 Å². The van der Waals surface area contributed by atoms with E-state index in [-0.39, 0.29) is 17.0 Å².